The Balaban J connectivity index is 2.27. The van der Waals surface area contributed by atoms with Gasteiger partial charge in [-0.1, -0.05) is 21.9 Å². The van der Waals surface area contributed by atoms with Crippen LogP contribution in [0.2, 0.25) is 0 Å². The summed E-state index contributed by atoms with van der Waals surface area (Å²) < 4.78 is 28.1. The summed E-state index contributed by atoms with van der Waals surface area (Å²) in [5, 5.41) is 0. The SMILES string of the molecule is C#CCN1CCN(S(=O)(=O)c2c(N)cc(Br)cc2Br)CC1. The van der Waals surface area contributed by atoms with Crippen molar-refractivity contribution in [1.82, 2.24) is 9.21 Å². The number of anilines is 1. The van der Waals surface area contributed by atoms with Gasteiger partial charge in [0.1, 0.15) is 4.90 Å². The second kappa shape index (κ2) is 6.67. The number of sulfonamides is 1. The van der Waals surface area contributed by atoms with Crippen LogP contribution in [0.1, 0.15) is 0 Å². The highest BCUT2D eigenvalue weighted by Gasteiger charge is 2.31. The molecule has 0 bridgehead atoms. The minimum atomic E-state index is -3.62. The first-order valence-corrected chi connectivity index (χ1v) is 9.29. The van der Waals surface area contributed by atoms with E-state index in [1.165, 1.54) is 4.31 Å². The van der Waals surface area contributed by atoms with Gasteiger partial charge >= 0.3 is 0 Å². The third-order valence-corrected chi connectivity index (χ3v) is 6.64. The van der Waals surface area contributed by atoms with Crippen molar-refractivity contribution < 1.29 is 8.42 Å². The van der Waals surface area contributed by atoms with Crippen LogP contribution in [0.25, 0.3) is 0 Å². The highest BCUT2D eigenvalue weighted by atomic mass is 79.9. The molecule has 114 valence electrons. The molecule has 2 N–H and O–H groups in total. The van der Waals surface area contributed by atoms with Crippen molar-refractivity contribution >= 4 is 47.6 Å². The molecule has 1 saturated heterocycles. The Labute approximate surface area is 141 Å². The van der Waals surface area contributed by atoms with E-state index in [4.69, 9.17) is 12.2 Å². The Bertz CT molecular complexity index is 654. The molecule has 0 aromatic heterocycles. The molecule has 21 heavy (non-hydrogen) atoms. The first-order chi connectivity index (χ1) is 9.86. The molecule has 2 rings (SSSR count). The van der Waals surface area contributed by atoms with Gasteiger partial charge in [0.15, 0.2) is 0 Å². The number of nitrogen functional groups attached to an aromatic ring is 1. The quantitative estimate of drug-likeness (QED) is 0.578. The molecule has 0 atom stereocenters. The summed E-state index contributed by atoms with van der Waals surface area (Å²) in [6.07, 6.45) is 5.27. The van der Waals surface area contributed by atoms with Gasteiger partial charge in [-0.15, -0.1) is 6.42 Å². The van der Waals surface area contributed by atoms with Gasteiger partial charge < -0.3 is 5.73 Å². The zero-order valence-electron chi connectivity index (χ0n) is 11.2. The van der Waals surface area contributed by atoms with Crippen LogP contribution >= 0.6 is 31.9 Å². The first-order valence-electron chi connectivity index (χ1n) is 6.26. The van der Waals surface area contributed by atoms with E-state index < -0.39 is 10.0 Å². The smallest absolute Gasteiger partial charge is 0.246 e. The fourth-order valence-corrected chi connectivity index (χ4v) is 5.67. The zero-order chi connectivity index (χ0) is 15.6. The highest BCUT2D eigenvalue weighted by Crippen LogP contribution is 2.33. The molecular formula is C13H15Br2N3O2S. The van der Waals surface area contributed by atoms with Crippen LogP contribution in [0.5, 0.6) is 0 Å². The molecule has 0 saturated carbocycles. The van der Waals surface area contributed by atoms with Crippen LogP contribution in [0.4, 0.5) is 5.69 Å². The second-order valence-electron chi connectivity index (χ2n) is 4.69. The minimum absolute atomic E-state index is 0.121. The Morgan fingerprint density at radius 1 is 1.24 bits per heavy atom. The first kappa shape index (κ1) is 16.8. The number of terminal acetylenes is 1. The van der Waals surface area contributed by atoms with Gasteiger partial charge in [-0.3, -0.25) is 4.90 Å². The maximum Gasteiger partial charge on any atom is 0.246 e. The fraction of sp³-hybridized carbons (Fsp3) is 0.385. The van der Waals surface area contributed by atoms with Crippen molar-refractivity contribution in [2.45, 2.75) is 4.90 Å². The van der Waals surface area contributed by atoms with Crippen LogP contribution in [0.3, 0.4) is 0 Å². The number of hydrogen-bond donors (Lipinski definition) is 1. The van der Waals surface area contributed by atoms with Crippen LogP contribution in [-0.4, -0.2) is 50.3 Å². The van der Waals surface area contributed by atoms with Crippen LogP contribution in [0, 0.1) is 12.3 Å². The lowest BCUT2D eigenvalue weighted by molar-refractivity contribution is 0.207. The van der Waals surface area contributed by atoms with E-state index in [-0.39, 0.29) is 10.6 Å². The molecule has 0 spiro atoms. The lowest BCUT2D eigenvalue weighted by Crippen LogP contribution is -2.48. The van der Waals surface area contributed by atoms with Crippen molar-refractivity contribution in [1.29, 1.82) is 0 Å². The predicted octanol–water partition coefficient (Wildman–Crippen LogP) is 1.73. The predicted molar refractivity (Wildman–Crippen MR) is 90.3 cm³/mol. The van der Waals surface area contributed by atoms with Gasteiger partial charge in [-0.2, -0.15) is 4.31 Å². The topological polar surface area (TPSA) is 66.6 Å². The van der Waals surface area contributed by atoms with E-state index in [0.717, 1.165) is 4.47 Å². The number of rotatable bonds is 3. The molecular weight excluding hydrogens is 422 g/mol. The van der Waals surface area contributed by atoms with Crippen LogP contribution < -0.4 is 5.73 Å². The Kier molecular flexibility index (Phi) is 5.33. The van der Waals surface area contributed by atoms with E-state index in [9.17, 15) is 8.42 Å². The van der Waals surface area contributed by atoms with E-state index in [1.807, 2.05) is 4.90 Å². The van der Waals surface area contributed by atoms with Crippen LogP contribution in [0.15, 0.2) is 26.0 Å². The molecule has 1 aromatic rings. The number of nitrogens with zero attached hydrogens (tertiary/aromatic N) is 2. The zero-order valence-corrected chi connectivity index (χ0v) is 15.2. The van der Waals surface area contributed by atoms with Crippen molar-refractivity contribution in [3.63, 3.8) is 0 Å². The van der Waals surface area contributed by atoms with Crippen molar-refractivity contribution in [2.75, 3.05) is 38.5 Å². The molecule has 0 radical (unpaired) electrons. The summed E-state index contributed by atoms with van der Waals surface area (Å²) in [7, 11) is -3.62. The summed E-state index contributed by atoms with van der Waals surface area (Å²) in [5.41, 5.74) is 6.11. The molecule has 5 nitrogen and oxygen atoms in total. The minimum Gasteiger partial charge on any atom is -0.398 e. The maximum absolute atomic E-state index is 12.7. The van der Waals surface area contributed by atoms with E-state index in [1.54, 1.807) is 12.1 Å². The monoisotopic (exact) mass is 435 g/mol. The molecule has 0 amide bonds. The summed E-state index contributed by atoms with van der Waals surface area (Å²) in [5.74, 6) is 2.57. The Morgan fingerprint density at radius 3 is 2.38 bits per heavy atom. The third kappa shape index (κ3) is 3.60. The average Bonchev–Trinajstić information content (AvgIpc) is 2.38. The maximum atomic E-state index is 12.7. The standard InChI is InChI=1S/C13H15Br2N3O2S/c1-2-3-17-4-6-18(7-5-17)21(19,20)13-11(15)8-10(14)9-12(13)16/h1,8-9H,3-7,16H2. The molecule has 0 aliphatic carbocycles. The number of benzene rings is 1. The molecule has 1 aliphatic heterocycles. The largest absolute Gasteiger partial charge is 0.398 e. The summed E-state index contributed by atoms with van der Waals surface area (Å²) in [6.45, 7) is 2.60. The van der Waals surface area contributed by atoms with Crippen molar-refractivity contribution in [3.05, 3.63) is 21.1 Å². The van der Waals surface area contributed by atoms with Gasteiger partial charge in [0.05, 0.1) is 12.2 Å². The number of nitrogens with two attached hydrogens (primary N) is 1. The van der Waals surface area contributed by atoms with E-state index >= 15 is 0 Å². The lowest BCUT2D eigenvalue weighted by Gasteiger charge is -2.33. The number of hydrogen-bond acceptors (Lipinski definition) is 4. The Morgan fingerprint density at radius 2 is 1.86 bits per heavy atom. The molecule has 1 aliphatic rings. The van der Waals surface area contributed by atoms with Gasteiger partial charge in [-0.25, -0.2) is 8.42 Å². The van der Waals surface area contributed by atoms with Gasteiger partial charge in [0, 0.05) is 35.1 Å². The van der Waals surface area contributed by atoms with Crippen molar-refractivity contribution in [2.24, 2.45) is 0 Å². The van der Waals surface area contributed by atoms with Gasteiger partial charge in [0.25, 0.3) is 0 Å². The molecule has 1 aromatic carbocycles. The summed E-state index contributed by atoms with van der Waals surface area (Å²) >= 11 is 6.58. The highest BCUT2D eigenvalue weighted by molar-refractivity contribution is 9.11. The van der Waals surface area contributed by atoms with Gasteiger partial charge in [-0.05, 0) is 28.1 Å². The second-order valence-corrected chi connectivity index (χ2v) is 8.34. The molecule has 8 heteroatoms. The van der Waals surface area contributed by atoms with Crippen LogP contribution in [-0.2, 0) is 10.0 Å². The number of piperazine rings is 1. The average molecular weight is 437 g/mol. The third-order valence-electron chi connectivity index (χ3n) is 3.28. The van der Waals surface area contributed by atoms with Gasteiger partial charge in [0.2, 0.25) is 10.0 Å². The van der Waals surface area contributed by atoms with E-state index in [0.29, 0.717) is 37.2 Å². The normalized spacial score (nSPS) is 17.6. The molecule has 0 unspecified atom stereocenters. The fourth-order valence-electron chi connectivity index (χ4n) is 2.24. The summed E-state index contributed by atoms with van der Waals surface area (Å²) in [6, 6.07) is 3.27. The van der Waals surface area contributed by atoms with Crippen molar-refractivity contribution in [3.8, 4) is 12.3 Å². The Hall–Kier alpha value is -0.590. The number of halogens is 2. The summed E-state index contributed by atoms with van der Waals surface area (Å²) in [4.78, 5) is 2.17. The van der Waals surface area contributed by atoms with E-state index in [2.05, 4.69) is 37.8 Å². The lowest BCUT2D eigenvalue weighted by atomic mass is 10.3. The molecule has 1 fully saturated rings. The molecule has 1 heterocycles.